The fraction of sp³-hybridized carbons (Fsp3) is 0.233. The molecule has 0 saturated carbocycles. The molecule has 5 nitrogen and oxygen atoms in total. The maximum atomic E-state index is 15.4. The van der Waals surface area contributed by atoms with Gasteiger partial charge in [-0.25, -0.2) is 13.6 Å². The number of carboxylic acid groups (broad SMARTS) is 1. The average molecular weight is 539 g/mol. The van der Waals surface area contributed by atoms with Crippen molar-refractivity contribution in [3.8, 4) is 5.75 Å². The predicted molar refractivity (Wildman–Crippen MR) is 148 cm³/mol. The van der Waals surface area contributed by atoms with E-state index in [1.165, 1.54) is 40.6 Å². The van der Waals surface area contributed by atoms with E-state index in [9.17, 15) is 14.3 Å². The number of halogens is 3. The Bertz CT molecular complexity index is 1470. The molecule has 0 aromatic heterocycles. The highest BCUT2D eigenvalue weighted by Gasteiger charge is 2.30. The van der Waals surface area contributed by atoms with Gasteiger partial charge in [0.05, 0.1) is 17.9 Å². The van der Waals surface area contributed by atoms with E-state index in [2.05, 4.69) is 42.6 Å². The third-order valence-electron chi connectivity index (χ3n) is 6.93. The van der Waals surface area contributed by atoms with E-state index in [0.717, 1.165) is 0 Å². The summed E-state index contributed by atoms with van der Waals surface area (Å²) in [6.45, 7) is 4.55. The number of rotatable bonds is 7. The molecule has 0 fully saturated rings. The maximum absolute atomic E-state index is 15.4. The minimum Gasteiger partial charge on any atom is -0.486 e. The van der Waals surface area contributed by atoms with Crippen LogP contribution >= 0.6 is 12.4 Å². The number of fused-ring (bicyclic) bond motifs is 2. The summed E-state index contributed by atoms with van der Waals surface area (Å²) in [5.74, 6) is -2.24. The van der Waals surface area contributed by atoms with E-state index in [1.54, 1.807) is 17.9 Å². The minimum atomic E-state index is -1.34. The van der Waals surface area contributed by atoms with Crippen molar-refractivity contribution < 1.29 is 23.4 Å². The molecule has 8 heteroatoms. The highest BCUT2D eigenvalue weighted by Crippen LogP contribution is 2.41. The lowest BCUT2D eigenvalue weighted by molar-refractivity contribution is 0.0691. The van der Waals surface area contributed by atoms with Gasteiger partial charge >= 0.3 is 5.97 Å². The van der Waals surface area contributed by atoms with Crippen molar-refractivity contribution in [2.24, 2.45) is 0 Å². The molecule has 0 radical (unpaired) electrons. The molecule has 4 aromatic rings. The first-order valence-electron chi connectivity index (χ1n) is 12.3. The van der Waals surface area contributed by atoms with Crippen molar-refractivity contribution in [2.75, 3.05) is 18.0 Å². The molecule has 2 atom stereocenters. The van der Waals surface area contributed by atoms with E-state index < -0.39 is 17.6 Å². The fourth-order valence-corrected chi connectivity index (χ4v) is 5.03. The third-order valence-corrected chi connectivity index (χ3v) is 6.93. The molecule has 0 spiro atoms. The van der Waals surface area contributed by atoms with E-state index >= 15 is 4.39 Å². The van der Waals surface area contributed by atoms with Crippen LogP contribution in [0, 0.1) is 18.6 Å². The first kappa shape index (κ1) is 27.4. The van der Waals surface area contributed by atoms with Crippen LogP contribution in [-0.2, 0) is 0 Å². The highest BCUT2D eigenvalue weighted by atomic mass is 35.5. The molecule has 5 rings (SSSR count). The molecule has 1 unspecified atom stereocenters. The van der Waals surface area contributed by atoms with Gasteiger partial charge in [-0.2, -0.15) is 0 Å². The van der Waals surface area contributed by atoms with Crippen molar-refractivity contribution in [2.45, 2.75) is 32.4 Å². The summed E-state index contributed by atoms with van der Waals surface area (Å²) in [6.07, 6.45) is 0.293. The smallest absolute Gasteiger partial charge is 0.339 e. The number of aromatic carboxylic acids is 1. The maximum Gasteiger partial charge on any atom is 0.339 e. The Morgan fingerprint density at radius 3 is 2.63 bits per heavy atom. The first-order chi connectivity index (χ1) is 17.8. The standard InChI is InChI=1S/C30H28F2N2O3.ClH/c1-18-10-12-25(29(32)28(18)30(35)36)34-17-22(37-27-13-11-21(31)16-26(27)34)14-15-33-19(2)23-9-5-7-20-6-3-4-8-24(20)23;/h3-13,16,19,22,33H,14-15,17H2,1-2H3,(H,35,36);1H/t19-,22?;/m1./s1. The van der Waals surface area contributed by atoms with Crippen LogP contribution in [0.25, 0.3) is 10.8 Å². The SMILES string of the molecule is Cc1ccc(N2CC(CCN[C@H](C)c3cccc4ccccc34)Oc3ccc(F)cc32)c(F)c1C(=O)O.Cl. The van der Waals surface area contributed by atoms with Crippen LogP contribution < -0.4 is 15.0 Å². The zero-order chi connectivity index (χ0) is 26.1. The van der Waals surface area contributed by atoms with E-state index in [-0.39, 0.29) is 42.3 Å². The lowest BCUT2D eigenvalue weighted by atomic mass is 9.99. The summed E-state index contributed by atoms with van der Waals surface area (Å²) < 4.78 is 35.7. The molecule has 38 heavy (non-hydrogen) atoms. The molecule has 0 amide bonds. The van der Waals surface area contributed by atoms with Gasteiger partial charge in [-0.15, -0.1) is 12.4 Å². The number of aryl methyl sites for hydroxylation is 1. The third kappa shape index (κ3) is 5.30. The van der Waals surface area contributed by atoms with Gasteiger partial charge in [0.15, 0.2) is 5.82 Å². The Kier molecular flexibility index (Phi) is 8.19. The molecule has 198 valence electrons. The second kappa shape index (κ2) is 11.4. The molecule has 1 heterocycles. The molecule has 1 aliphatic heterocycles. The van der Waals surface area contributed by atoms with Crippen LogP contribution in [0.1, 0.15) is 40.9 Å². The molecule has 4 aromatic carbocycles. The van der Waals surface area contributed by atoms with Crippen LogP contribution in [0.2, 0.25) is 0 Å². The number of hydrogen-bond donors (Lipinski definition) is 2. The molecule has 2 N–H and O–H groups in total. The summed E-state index contributed by atoms with van der Waals surface area (Å²) in [4.78, 5) is 13.3. The van der Waals surface area contributed by atoms with E-state index in [4.69, 9.17) is 4.74 Å². The summed E-state index contributed by atoms with van der Waals surface area (Å²) in [6, 6.07) is 21.8. The molecule has 0 saturated heterocycles. The second-order valence-electron chi connectivity index (χ2n) is 9.39. The van der Waals surface area contributed by atoms with Crippen molar-refractivity contribution in [1.29, 1.82) is 0 Å². The van der Waals surface area contributed by atoms with Gasteiger partial charge in [0, 0.05) is 12.1 Å². The summed E-state index contributed by atoms with van der Waals surface area (Å²) >= 11 is 0. The van der Waals surface area contributed by atoms with Gasteiger partial charge in [-0.1, -0.05) is 48.5 Å². The van der Waals surface area contributed by atoms with Crippen molar-refractivity contribution >= 4 is 40.5 Å². The Hall–Kier alpha value is -3.68. The van der Waals surface area contributed by atoms with Crippen molar-refractivity contribution in [1.82, 2.24) is 5.32 Å². The average Bonchev–Trinajstić information content (AvgIpc) is 2.88. The Balaban J connectivity index is 0.00000336. The molecular weight excluding hydrogens is 510 g/mol. The van der Waals surface area contributed by atoms with E-state index in [1.807, 2.05) is 12.1 Å². The first-order valence-corrected chi connectivity index (χ1v) is 12.3. The van der Waals surface area contributed by atoms with Gasteiger partial charge < -0.3 is 20.1 Å². The van der Waals surface area contributed by atoms with Crippen LogP contribution in [-0.4, -0.2) is 30.3 Å². The number of hydrogen-bond acceptors (Lipinski definition) is 4. The van der Waals surface area contributed by atoms with Crippen LogP contribution in [0.4, 0.5) is 20.2 Å². The van der Waals surface area contributed by atoms with E-state index in [0.29, 0.717) is 30.0 Å². The summed E-state index contributed by atoms with van der Waals surface area (Å²) in [5.41, 5.74) is 1.59. The van der Waals surface area contributed by atoms with Crippen LogP contribution in [0.5, 0.6) is 5.75 Å². The normalized spacial score (nSPS) is 15.4. The molecule has 1 aliphatic rings. The van der Waals surface area contributed by atoms with Gasteiger partial charge in [0.1, 0.15) is 23.2 Å². The topological polar surface area (TPSA) is 61.8 Å². The molecule has 0 bridgehead atoms. The number of anilines is 2. The Morgan fingerprint density at radius 2 is 1.84 bits per heavy atom. The van der Waals surface area contributed by atoms with Crippen molar-refractivity contribution in [3.63, 3.8) is 0 Å². The second-order valence-corrected chi connectivity index (χ2v) is 9.39. The van der Waals surface area contributed by atoms with Crippen LogP contribution in [0.15, 0.2) is 72.8 Å². The van der Waals surface area contributed by atoms with Gasteiger partial charge in [-0.3, -0.25) is 0 Å². The fourth-order valence-electron chi connectivity index (χ4n) is 5.03. The number of carboxylic acids is 1. The van der Waals surface area contributed by atoms with Gasteiger partial charge in [0.2, 0.25) is 0 Å². The zero-order valence-corrected chi connectivity index (χ0v) is 21.9. The monoisotopic (exact) mass is 538 g/mol. The summed E-state index contributed by atoms with van der Waals surface area (Å²) in [7, 11) is 0. The zero-order valence-electron chi connectivity index (χ0n) is 21.1. The largest absolute Gasteiger partial charge is 0.486 e. The summed E-state index contributed by atoms with van der Waals surface area (Å²) in [5, 5.41) is 15.5. The Morgan fingerprint density at radius 1 is 1.08 bits per heavy atom. The number of nitrogens with zero attached hydrogens (tertiary/aromatic N) is 1. The van der Waals surface area contributed by atoms with Gasteiger partial charge in [-0.05, 0) is 66.9 Å². The predicted octanol–water partition coefficient (Wildman–Crippen LogP) is 7.19. The number of benzene rings is 4. The Labute approximate surface area is 226 Å². The quantitative estimate of drug-likeness (QED) is 0.261. The lowest BCUT2D eigenvalue weighted by Gasteiger charge is -2.37. The molecular formula is C30H29ClF2N2O3. The highest BCUT2D eigenvalue weighted by molar-refractivity contribution is 5.92. The number of carbonyl (C=O) groups is 1. The molecule has 0 aliphatic carbocycles. The van der Waals surface area contributed by atoms with Crippen LogP contribution in [0.3, 0.4) is 0 Å². The van der Waals surface area contributed by atoms with Crippen molar-refractivity contribution in [3.05, 3.63) is 101 Å². The number of nitrogens with one attached hydrogen (secondary N) is 1. The minimum absolute atomic E-state index is 0. The van der Waals surface area contributed by atoms with Gasteiger partial charge in [0.25, 0.3) is 0 Å². The lowest BCUT2D eigenvalue weighted by Crippen LogP contribution is -2.39. The number of ether oxygens (including phenoxy) is 1.